The highest BCUT2D eigenvalue weighted by molar-refractivity contribution is 7.99. The Bertz CT molecular complexity index is 1680. The summed E-state index contributed by atoms with van der Waals surface area (Å²) in [6, 6.07) is 27.9. The molecule has 12 heteroatoms. The highest BCUT2D eigenvalue weighted by Gasteiger charge is 2.51. The van der Waals surface area contributed by atoms with E-state index in [1.807, 2.05) is 84.9 Å². The van der Waals surface area contributed by atoms with E-state index < -0.39 is 50.4 Å². The Labute approximate surface area is 261 Å². The molecule has 5 rings (SSSR count). The summed E-state index contributed by atoms with van der Waals surface area (Å²) in [7, 11) is -7.82. The predicted octanol–water partition coefficient (Wildman–Crippen LogP) is 6.09. The van der Waals surface area contributed by atoms with Crippen molar-refractivity contribution in [2.45, 2.75) is 53.8 Å². The second-order valence-electron chi connectivity index (χ2n) is 10.9. The smallest absolute Gasteiger partial charge is 0.264 e. The van der Waals surface area contributed by atoms with Crippen LogP contribution >= 0.6 is 23.5 Å². The molecule has 0 radical (unpaired) electrons. The predicted molar refractivity (Wildman–Crippen MR) is 173 cm³/mol. The molecule has 1 saturated heterocycles. The molecule has 1 aliphatic heterocycles. The number of ether oxygens (including phenoxy) is 2. The van der Waals surface area contributed by atoms with Crippen LogP contribution in [0.4, 0.5) is 0 Å². The van der Waals surface area contributed by atoms with E-state index in [2.05, 4.69) is 0 Å². The van der Waals surface area contributed by atoms with Gasteiger partial charge in [-0.2, -0.15) is 16.8 Å². The van der Waals surface area contributed by atoms with Crippen molar-refractivity contribution < 1.29 is 34.7 Å². The van der Waals surface area contributed by atoms with Crippen LogP contribution in [0, 0.1) is 0 Å². The van der Waals surface area contributed by atoms with E-state index in [9.17, 15) is 16.8 Å². The van der Waals surface area contributed by atoms with E-state index in [-0.39, 0.29) is 11.5 Å². The lowest BCUT2D eigenvalue weighted by Crippen LogP contribution is -2.47. The number of hydrogen-bond acceptors (Lipinski definition) is 10. The average molecular weight is 663 g/mol. The zero-order valence-corrected chi connectivity index (χ0v) is 27.5. The Balaban J connectivity index is 1.41. The standard InChI is InChI=1S/C31H34O8S4/c1-31(2)36-29(27(38-42(3,32)33)19-40-25-15-13-21-9-5-7-11-23(21)17-25)30(37-31)28(39-43(4,34)35)20-41-26-16-14-22-10-6-8-12-24(22)18-26/h5-18,27-30H,19-20H2,1-4H3/t27-,28-,29-,30-/m0/s1. The zero-order chi connectivity index (χ0) is 30.8. The van der Waals surface area contributed by atoms with E-state index in [0.29, 0.717) is 0 Å². The van der Waals surface area contributed by atoms with Crippen molar-refractivity contribution in [3.05, 3.63) is 84.9 Å². The summed E-state index contributed by atoms with van der Waals surface area (Å²) in [5, 5.41) is 4.30. The second-order valence-corrected chi connectivity index (χ2v) is 16.3. The van der Waals surface area contributed by atoms with Crippen molar-refractivity contribution in [2.75, 3.05) is 24.0 Å². The first-order chi connectivity index (χ1) is 20.2. The van der Waals surface area contributed by atoms with Gasteiger partial charge in [0.25, 0.3) is 20.2 Å². The Morgan fingerprint density at radius 3 is 1.40 bits per heavy atom. The van der Waals surface area contributed by atoms with E-state index in [4.69, 9.17) is 17.8 Å². The van der Waals surface area contributed by atoms with Gasteiger partial charge in [-0.15, -0.1) is 23.5 Å². The van der Waals surface area contributed by atoms with Gasteiger partial charge in [-0.3, -0.25) is 8.37 Å². The second kappa shape index (κ2) is 13.1. The quantitative estimate of drug-likeness (QED) is 0.131. The lowest BCUT2D eigenvalue weighted by atomic mass is 10.1. The van der Waals surface area contributed by atoms with Crippen LogP contribution < -0.4 is 0 Å². The maximum Gasteiger partial charge on any atom is 0.264 e. The summed E-state index contributed by atoms with van der Waals surface area (Å²) in [5.41, 5.74) is 0. The number of benzene rings is 4. The van der Waals surface area contributed by atoms with Gasteiger partial charge in [-0.05, 0) is 59.7 Å². The summed E-state index contributed by atoms with van der Waals surface area (Å²) in [6.07, 6.45) is -1.90. The Morgan fingerprint density at radius 1 is 0.651 bits per heavy atom. The normalized spacial score (nSPS) is 20.4. The molecular formula is C31H34O8S4. The maximum atomic E-state index is 12.4. The first kappa shape index (κ1) is 32.2. The minimum Gasteiger partial charge on any atom is -0.342 e. The summed E-state index contributed by atoms with van der Waals surface area (Å²) < 4.78 is 73.2. The lowest BCUT2D eigenvalue weighted by molar-refractivity contribution is -0.156. The van der Waals surface area contributed by atoms with Crippen molar-refractivity contribution >= 4 is 65.3 Å². The Hall–Kier alpha value is -2.16. The molecule has 0 aliphatic carbocycles. The highest BCUT2D eigenvalue weighted by Crippen LogP contribution is 2.38. The Kier molecular flexibility index (Phi) is 9.79. The molecule has 43 heavy (non-hydrogen) atoms. The lowest BCUT2D eigenvalue weighted by Gasteiger charge is -2.29. The van der Waals surface area contributed by atoms with Crippen molar-refractivity contribution in [1.29, 1.82) is 0 Å². The van der Waals surface area contributed by atoms with Crippen LogP contribution in [0.25, 0.3) is 21.5 Å². The molecule has 0 saturated carbocycles. The van der Waals surface area contributed by atoms with Gasteiger partial charge >= 0.3 is 0 Å². The Morgan fingerprint density at radius 2 is 1.02 bits per heavy atom. The summed E-state index contributed by atoms with van der Waals surface area (Å²) in [6.45, 7) is 3.39. The average Bonchev–Trinajstić information content (AvgIpc) is 3.27. The topological polar surface area (TPSA) is 105 Å². The van der Waals surface area contributed by atoms with Gasteiger partial charge < -0.3 is 9.47 Å². The SMILES string of the molecule is CC1(C)O[C@@H]([C@H](CSc2ccc3ccccc3c2)OS(C)(=O)=O)[C@H]([C@H](CSc2ccc3ccccc3c2)OS(C)(=O)=O)O1. The number of thioether (sulfide) groups is 2. The molecule has 0 unspecified atom stereocenters. The number of fused-ring (bicyclic) bond motifs is 2. The van der Waals surface area contributed by atoms with E-state index in [0.717, 1.165) is 43.8 Å². The van der Waals surface area contributed by atoms with Crippen LogP contribution in [0.5, 0.6) is 0 Å². The summed E-state index contributed by atoms with van der Waals surface area (Å²) in [5.74, 6) is -0.736. The van der Waals surface area contributed by atoms with Crippen molar-refractivity contribution in [1.82, 2.24) is 0 Å². The van der Waals surface area contributed by atoms with Gasteiger partial charge in [0.15, 0.2) is 5.79 Å². The maximum absolute atomic E-state index is 12.4. The summed E-state index contributed by atoms with van der Waals surface area (Å²) in [4.78, 5) is 1.85. The molecule has 0 aromatic heterocycles. The third-order valence-electron chi connectivity index (χ3n) is 6.76. The van der Waals surface area contributed by atoms with Crippen molar-refractivity contribution in [3.8, 4) is 0 Å². The minimum absolute atomic E-state index is 0.204. The molecule has 4 aromatic carbocycles. The number of hydrogen-bond donors (Lipinski definition) is 0. The van der Waals surface area contributed by atoms with Crippen LogP contribution in [0.3, 0.4) is 0 Å². The van der Waals surface area contributed by atoms with Gasteiger partial charge in [0.2, 0.25) is 0 Å². The fraction of sp³-hybridized carbons (Fsp3) is 0.355. The van der Waals surface area contributed by atoms with E-state index >= 15 is 0 Å². The third-order valence-corrected chi connectivity index (χ3v) is 10.1. The van der Waals surface area contributed by atoms with Crippen LogP contribution in [0.2, 0.25) is 0 Å². The zero-order valence-electron chi connectivity index (χ0n) is 24.2. The molecule has 0 N–H and O–H groups in total. The van der Waals surface area contributed by atoms with Gasteiger partial charge in [0.1, 0.15) is 24.4 Å². The van der Waals surface area contributed by atoms with Crippen LogP contribution in [0.1, 0.15) is 13.8 Å². The largest absolute Gasteiger partial charge is 0.342 e. The first-order valence-corrected chi connectivity index (χ1v) is 19.2. The molecule has 8 nitrogen and oxygen atoms in total. The first-order valence-electron chi connectivity index (χ1n) is 13.6. The third kappa shape index (κ3) is 8.95. The van der Waals surface area contributed by atoms with Crippen LogP contribution in [-0.2, 0) is 38.1 Å². The van der Waals surface area contributed by atoms with Gasteiger partial charge in [0, 0.05) is 21.3 Å². The molecule has 0 bridgehead atoms. The monoisotopic (exact) mass is 662 g/mol. The molecule has 4 atom stereocenters. The molecule has 4 aromatic rings. The van der Waals surface area contributed by atoms with Gasteiger partial charge in [0.05, 0.1) is 12.5 Å². The molecule has 0 spiro atoms. The molecule has 1 heterocycles. The molecular weight excluding hydrogens is 629 g/mol. The van der Waals surface area contributed by atoms with Crippen molar-refractivity contribution in [3.63, 3.8) is 0 Å². The van der Waals surface area contributed by atoms with Crippen molar-refractivity contribution in [2.24, 2.45) is 0 Å². The van der Waals surface area contributed by atoms with E-state index in [1.54, 1.807) is 13.8 Å². The van der Waals surface area contributed by atoms with E-state index in [1.165, 1.54) is 23.5 Å². The summed E-state index contributed by atoms with van der Waals surface area (Å²) >= 11 is 2.84. The molecule has 1 fully saturated rings. The minimum atomic E-state index is -3.91. The molecule has 1 aliphatic rings. The fourth-order valence-electron chi connectivity index (χ4n) is 5.07. The highest BCUT2D eigenvalue weighted by atomic mass is 32.2. The van der Waals surface area contributed by atoms with Crippen LogP contribution in [-0.4, -0.2) is 71.1 Å². The number of rotatable bonds is 12. The van der Waals surface area contributed by atoms with Crippen LogP contribution in [0.15, 0.2) is 94.7 Å². The fourth-order valence-corrected chi connectivity index (χ4v) is 8.47. The van der Waals surface area contributed by atoms with Gasteiger partial charge in [-0.25, -0.2) is 0 Å². The van der Waals surface area contributed by atoms with Gasteiger partial charge in [-0.1, -0.05) is 60.7 Å². The molecule has 230 valence electrons. The molecule has 0 amide bonds.